The molecule has 1 atom stereocenters. The zero-order valence-corrected chi connectivity index (χ0v) is 16.8. The summed E-state index contributed by atoms with van der Waals surface area (Å²) in [5.74, 6) is 0.530. The van der Waals surface area contributed by atoms with Gasteiger partial charge in [0.05, 0.1) is 5.69 Å². The highest BCUT2D eigenvalue weighted by molar-refractivity contribution is 6.04. The number of allylic oxidation sites excluding steroid dienone is 10. The molecule has 1 aliphatic heterocycles. The first-order valence-corrected chi connectivity index (χ1v) is 9.73. The van der Waals surface area contributed by atoms with Crippen LogP contribution in [0.3, 0.4) is 0 Å². The Bertz CT molecular complexity index is 915. The fourth-order valence-electron chi connectivity index (χ4n) is 3.55. The summed E-state index contributed by atoms with van der Waals surface area (Å²) in [6.45, 7) is 15.0. The van der Waals surface area contributed by atoms with Crippen molar-refractivity contribution in [2.45, 2.75) is 40.0 Å². The molecule has 2 aliphatic rings. The van der Waals surface area contributed by atoms with Crippen LogP contribution in [0.1, 0.15) is 39.2 Å². The van der Waals surface area contributed by atoms with Gasteiger partial charge in [-0.25, -0.2) is 0 Å². The Hall–Kier alpha value is -2.67. The number of hydrogen-bond acceptors (Lipinski definition) is 1. The molecule has 0 spiro atoms. The lowest BCUT2D eigenvalue weighted by Crippen LogP contribution is -2.07. The van der Waals surface area contributed by atoms with Crippen LogP contribution in [-0.4, -0.2) is 5.71 Å². The van der Waals surface area contributed by atoms with Crippen molar-refractivity contribution in [2.24, 2.45) is 10.9 Å². The molecule has 0 bridgehead atoms. The SMILES string of the molecule is C=C(/C=C(C)/C(C)=C/C=C1\C(=C)C=CCC1C)C1=Nc2ccccc2CC1. The van der Waals surface area contributed by atoms with Crippen LogP contribution >= 0.6 is 0 Å². The van der Waals surface area contributed by atoms with Gasteiger partial charge < -0.3 is 0 Å². The topological polar surface area (TPSA) is 12.4 Å². The van der Waals surface area contributed by atoms with Crippen molar-refractivity contribution in [3.8, 4) is 0 Å². The third kappa shape index (κ3) is 4.54. The van der Waals surface area contributed by atoms with Crippen LogP contribution in [0.25, 0.3) is 0 Å². The molecule has 0 aromatic heterocycles. The maximum atomic E-state index is 4.82. The minimum atomic E-state index is 0.530. The highest BCUT2D eigenvalue weighted by Gasteiger charge is 2.14. The third-order valence-electron chi connectivity index (χ3n) is 5.48. The Morgan fingerprint density at radius 2 is 1.93 bits per heavy atom. The fraction of sp³-hybridized carbons (Fsp3) is 0.269. The van der Waals surface area contributed by atoms with E-state index >= 15 is 0 Å². The van der Waals surface area contributed by atoms with Crippen molar-refractivity contribution < 1.29 is 0 Å². The van der Waals surface area contributed by atoms with Crippen molar-refractivity contribution in [1.82, 2.24) is 0 Å². The van der Waals surface area contributed by atoms with Crippen LogP contribution in [0.4, 0.5) is 5.69 Å². The molecular formula is C26H29N. The second-order valence-corrected chi connectivity index (χ2v) is 7.58. The molecule has 1 aromatic carbocycles. The molecule has 1 aliphatic carbocycles. The Balaban J connectivity index is 1.77. The summed E-state index contributed by atoms with van der Waals surface area (Å²) in [5.41, 5.74) is 9.45. The van der Waals surface area contributed by atoms with Crippen LogP contribution < -0.4 is 0 Å². The molecule has 0 fully saturated rings. The smallest absolute Gasteiger partial charge is 0.0665 e. The van der Waals surface area contributed by atoms with Crippen LogP contribution in [-0.2, 0) is 6.42 Å². The average molecular weight is 356 g/mol. The number of aryl methyl sites for hydroxylation is 1. The normalized spacial score (nSPS) is 21.9. The first kappa shape index (κ1) is 19.1. The largest absolute Gasteiger partial charge is 0.253 e. The fourth-order valence-corrected chi connectivity index (χ4v) is 3.55. The van der Waals surface area contributed by atoms with Gasteiger partial charge in [0.25, 0.3) is 0 Å². The van der Waals surface area contributed by atoms with Gasteiger partial charge in [-0.05, 0) is 78.5 Å². The Kier molecular flexibility index (Phi) is 5.91. The highest BCUT2D eigenvalue weighted by atomic mass is 14.8. The molecule has 0 radical (unpaired) electrons. The molecule has 1 heterocycles. The standard InChI is InChI=1S/C26H29N/c1-18(13-15-24-19(2)9-8-10-20(24)3)21(4)17-22(5)25-16-14-23-11-6-7-12-26(23)27-25/h6-9,11-13,15,17,20H,2,5,10,14,16H2,1,3-4H3/b18-13+,21-17+,24-15+. The molecule has 3 rings (SSSR count). The lowest BCUT2D eigenvalue weighted by Gasteiger charge is -2.19. The number of aliphatic imine (C=N–C) groups is 1. The van der Waals surface area contributed by atoms with E-state index in [1.165, 1.54) is 22.3 Å². The first-order valence-electron chi connectivity index (χ1n) is 9.73. The molecule has 27 heavy (non-hydrogen) atoms. The van der Waals surface area contributed by atoms with Crippen LogP contribution in [0, 0.1) is 5.92 Å². The molecule has 0 saturated carbocycles. The molecule has 0 saturated heterocycles. The monoisotopic (exact) mass is 355 g/mol. The van der Waals surface area contributed by atoms with Gasteiger partial charge in [-0.3, -0.25) is 4.99 Å². The summed E-state index contributed by atoms with van der Waals surface area (Å²) in [5, 5.41) is 0. The molecule has 1 unspecified atom stereocenters. The minimum Gasteiger partial charge on any atom is -0.253 e. The summed E-state index contributed by atoms with van der Waals surface area (Å²) in [7, 11) is 0. The maximum absolute atomic E-state index is 4.82. The van der Waals surface area contributed by atoms with E-state index in [1.54, 1.807) is 0 Å². The van der Waals surface area contributed by atoms with E-state index in [4.69, 9.17) is 4.99 Å². The van der Waals surface area contributed by atoms with Crippen LogP contribution in [0.15, 0.2) is 101 Å². The van der Waals surface area contributed by atoms with Gasteiger partial charge in [-0.15, -0.1) is 0 Å². The number of nitrogens with zero attached hydrogens (tertiary/aromatic N) is 1. The quantitative estimate of drug-likeness (QED) is 0.505. The van der Waals surface area contributed by atoms with Crippen molar-refractivity contribution in [2.75, 3.05) is 0 Å². The third-order valence-corrected chi connectivity index (χ3v) is 5.48. The van der Waals surface area contributed by atoms with E-state index < -0.39 is 0 Å². The van der Waals surface area contributed by atoms with Gasteiger partial charge >= 0.3 is 0 Å². The van der Waals surface area contributed by atoms with Crippen molar-refractivity contribution in [3.63, 3.8) is 0 Å². The summed E-state index contributed by atoms with van der Waals surface area (Å²) in [6.07, 6.45) is 14.0. The summed E-state index contributed by atoms with van der Waals surface area (Å²) in [4.78, 5) is 4.82. The number of rotatable bonds is 4. The second-order valence-electron chi connectivity index (χ2n) is 7.58. The van der Waals surface area contributed by atoms with Gasteiger partial charge in [0, 0.05) is 5.71 Å². The van der Waals surface area contributed by atoms with E-state index in [1.807, 2.05) is 6.07 Å². The van der Waals surface area contributed by atoms with Crippen molar-refractivity contribution >= 4 is 11.4 Å². The maximum Gasteiger partial charge on any atom is 0.0665 e. The summed E-state index contributed by atoms with van der Waals surface area (Å²) < 4.78 is 0. The van der Waals surface area contributed by atoms with E-state index in [2.05, 4.69) is 82.5 Å². The minimum absolute atomic E-state index is 0.530. The molecule has 138 valence electrons. The average Bonchev–Trinajstić information content (AvgIpc) is 2.66. The Morgan fingerprint density at radius 3 is 2.70 bits per heavy atom. The second kappa shape index (κ2) is 8.35. The van der Waals surface area contributed by atoms with E-state index in [-0.39, 0.29) is 0 Å². The number of fused-ring (bicyclic) bond motifs is 1. The predicted octanol–water partition coefficient (Wildman–Crippen LogP) is 7.23. The lowest BCUT2D eigenvalue weighted by molar-refractivity contribution is 0.694. The van der Waals surface area contributed by atoms with E-state index in [0.29, 0.717) is 5.92 Å². The molecule has 0 amide bonds. The predicted molar refractivity (Wildman–Crippen MR) is 119 cm³/mol. The molecule has 0 N–H and O–H groups in total. The van der Waals surface area contributed by atoms with Gasteiger partial charge in [0.15, 0.2) is 0 Å². The lowest BCUT2D eigenvalue weighted by atomic mass is 9.86. The van der Waals surface area contributed by atoms with E-state index in [9.17, 15) is 0 Å². The summed E-state index contributed by atoms with van der Waals surface area (Å²) >= 11 is 0. The Morgan fingerprint density at radius 1 is 1.15 bits per heavy atom. The highest BCUT2D eigenvalue weighted by Crippen LogP contribution is 2.29. The van der Waals surface area contributed by atoms with E-state index in [0.717, 1.165) is 41.8 Å². The van der Waals surface area contributed by atoms with Gasteiger partial charge in [0.2, 0.25) is 0 Å². The zero-order valence-electron chi connectivity index (χ0n) is 16.8. The molecular weight excluding hydrogens is 326 g/mol. The van der Waals surface area contributed by atoms with Gasteiger partial charge in [0.1, 0.15) is 0 Å². The zero-order chi connectivity index (χ0) is 19.4. The first-order chi connectivity index (χ1) is 13.0. The molecule has 1 nitrogen and oxygen atoms in total. The number of para-hydroxylation sites is 1. The van der Waals surface area contributed by atoms with Crippen molar-refractivity contribution in [1.29, 1.82) is 0 Å². The van der Waals surface area contributed by atoms with Gasteiger partial charge in [-0.2, -0.15) is 0 Å². The number of benzene rings is 1. The van der Waals surface area contributed by atoms with Crippen molar-refractivity contribution in [3.05, 3.63) is 101 Å². The summed E-state index contributed by atoms with van der Waals surface area (Å²) in [6, 6.07) is 8.38. The molecule has 1 aromatic rings. The van der Waals surface area contributed by atoms with Crippen LogP contribution in [0.2, 0.25) is 0 Å². The van der Waals surface area contributed by atoms with Gasteiger partial charge in [-0.1, -0.05) is 68.7 Å². The Labute approximate surface area is 163 Å². The van der Waals surface area contributed by atoms with Crippen LogP contribution in [0.5, 0.6) is 0 Å². The molecule has 1 heteroatoms. The number of hydrogen-bond donors (Lipinski definition) is 0.